The van der Waals surface area contributed by atoms with Gasteiger partial charge in [0.1, 0.15) is 5.69 Å². The van der Waals surface area contributed by atoms with Gasteiger partial charge in [-0.2, -0.15) is 5.10 Å². The first-order chi connectivity index (χ1) is 11.8. The minimum absolute atomic E-state index is 0.0145. The van der Waals surface area contributed by atoms with Crippen LogP contribution in [0, 0.1) is 20.8 Å². The van der Waals surface area contributed by atoms with Crippen LogP contribution in [0.1, 0.15) is 45.7 Å². The lowest BCUT2D eigenvalue weighted by Crippen LogP contribution is -2.40. The Bertz CT molecular complexity index is 844. The Kier molecular flexibility index (Phi) is 4.28. The van der Waals surface area contributed by atoms with Crippen molar-refractivity contribution in [3.63, 3.8) is 0 Å². The number of aromatic nitrogens is 4. The predicted octanol–water partition coefficient (Wildman–Crippen LogP) is 0.837. The number of nitrogens with one attached hydrogen (secondary N) is 1. The van der Waals surface area contributed by atoms with Crippen LogP contribution in [0.5, 0.6) is 0 Å². The lowest BCUT2D eigenvalue weighted by atomic mass is 10.1. The summed E-state index contributed by atoms with van der Waals surface area (Å²) < 4.78 is 1.72. The molecule has 8 nitrogen and oxygen atoms in total. The van der Waals surface area contributed by atoms with Crippen LogP contribution in [0.4, 0.5) is 0 Å². The number of likely N-dealkylation sites (N-methyl/N-ethyl adjacent to an activating group) is 1. The molecule has 0 unspecified atom stereocenters. The van der Waals surface area contributed by atoms with Crippen LogP contribution in [0.3, 0.4) is 0 Å². The second-order valence-electron chi connectivity index (χ2n) is 6.44. The van der Waals surface area contributed by atoms with Crippen LogP contribution in [0.2, 0.25) is 0 Å². The molecule has 2 atom stereocenters. The van der Waals surface area contributed by atoms with Crippen LogP contribution in [0.15, 0.2) is 12.3 Å². The van der Waals surface area contributed by atoms with Gasteiger partial charge in [0.2, 0.25) is 5.91 Å². The number of carbonyl (C=O) groups is 2. The normalized spacial score (nSPS) is 20.2. The number of hydrogen-bond acceptors (Lipinski definition) is 5. The summed E-state index contributed by atoms with van der Waals surface area (Å²) in [5.74, 6) is -0.326. The van der Waals surface area contributed by atoms with Crippen molar-refractivity contribution < 1.29 is 9.59 Å². The van der Waals surface area contributed by atoms with Gasteiger partial charge in [0, 0.05) is 26.7 Å². The topological polar surface area (TPSA) is 93.0 Å². The van der Waals surface area contributed by atoms with E-state index >= 15 is 0 Å². The lowest BCUT2D eigenvalue weighted by Gasteiger charge is -2.25. The molecule has 25 heavy (non-hydrogen) atoms. The van der Waals surface area contributed by atoms with Crippen molar-refractivity contribution in [2.45, 2.75) is 39.3 Å². The predicted molar refractivity (Wildman–Crippen MR) is 90.8 cm³/mol. The average molecular weight is 342 g/mol. The third-order valence-electron chi connectivity index (χ3n) is 4.76. The molecule has 0 aromatic carbocycles. The van der Waals surface area contributed by atoms with Crippen LogP contribution in [0.25, 0.3) is 0 Å². The van der Waals surface area contributed by atoms with Gasteiger partial charge in [0.15, 0.2) is 0 Å². The number of nitrogens with zero attached hydrogens (tertiary/aromatic N) is 5. The molecule has 0 spiro atoms. The van der Waals surface area contributed by atoms with Crippen molar-refractivity contribution in [2.75, 3.05) is 7.05 Å². The summed E-state index contributed by atoms with van der Waals surface area (Å²) >= 11 is 0. The van der Waals surface area contributed by atoms with Crippen LogP contribution < -0.4 is 5.32 Å². The number of rotatable bonds is 3. The molecule has 1 aliphatic rings. The van der Waals surface area contributed by atoms with Gasteiger partial charge in [0.05, 0.1) is 34.9 Å². The highest BCUT2D eigenvalue weighted by molar-refractivity contribution is 5.94. The fourth-order valence-electron chi connectivity index (χ4n) is 3.24. The van der Waals surface area contributed by atoms with Crippen LogP contribution >= 0.6 is 0 Å². The molecule has 1 aliphatic heterocycles. The molecule has 2 aromatic heterocycles. The van der Waals surface area contributed by atoms with Crippen molar-refractivity contribution >= 4 is 11.8 Å². The molecule has 1 saturated heterocycles. The first kappa shape index (κ1) is 17.1. The Morgan fingerprint density at radius 3 is 2.48 bits per heavy atom. The standard InChI is InChI=1S/C17H22N6O2/c1-9-10(2)20-15(11(3)19-9)17(25)21-12-8-14(24)22(4)16(12)13-6-7-18-23(13)5/h6-7,12,16H,8H2,1-5H3,(H,21,25)/t12-,16-/m1/s1. The molecular formula is C17H22N6O2. The summed E-state index contributed by atoms with van der Waals surface area (Å²) in [6.45, 7) is 5.45. The van der Waals surface area contributed by atoms with Gasteiger partial charge < -0.3 is 10.2 Å². The van der Waals surface area contributed by atoms with E-state index in [2.05, 4.69) is 20.4 Å². The van der Waals surface area contributed by atoms with Crippen LogP contribution in [-0.4, -0.2) is 49.6 Å². The summed E-state index contributed by atoms with van der Waals surface area (Å²) in [5, 5.41) is 7.14. The zero-order valence-electron chi connectivity index (χ0n) is 15.1. The Morgan fingerprint density at radius 1 is 1.16 bits per heavy atom. The quantitative estimate of drug-likeness (QED) is 0.892. The van der Waals surface area contributed by atoms with E-state index < -0.39 is 0 Å². The molecule has 0 aliphatic carbocycles. The van der Waals surface area contributed by atoms with Crippen molar-refractivity contribution in [3.05, 3.63) is 40.7 Å². The largest absolute Gasteiger partial charge is 0.345 e. The van der Waals surface area contributed by atoms with Gasteiger partial charge in [-0.15, -0.1) is 0 Å². The Morgan fingerprint density at radius 2 is 1.84 bits per heavy atom. The number of amides is 2. The van der Waals surface area contributed by atoms with E-state index in [9.17, 15) is 9.59 Å². The van der Waals surface area contributed by atoms with E-state index in [1.165, 1.54) is 0 Å². The van der Waals surface area contributed by atoms with Gasteiger partial charge in [0.25, 0.3) is 5.91 Å². The van der Waals surface area contributed by atoms with Gasteiger partial charge in [-0.05, 0) is 26.8 Å². The summed E-state index contributed by atoms with van der Waals surface area (Å²) in [6.07, 6.45) is 1.93. The van der Waals surface area contributed by atoms with Crippen molar-refractivity contribution in [1.29, 1.82) is 0 Å². The van der Waals surface area contributed by atoms with Crippen molar-refractivity contribution in [3.8, 4) is 0 Å². The maximum absolute atomic E-state index is 12.7. The smallest absolute Gasteiger partial charge is 0.272 e. The third kappa shape index (κ3) is 2.99. The summed E-state index contributed by atoms with van der Waals surface area (Å²) in [7, 11) is 3.57. The maximum Gasteiger partial charge on any atom is 0.272 e. The van der Waals surface area contributed by atoms with E-state index in [1.807, 2.05) is 27.0 Å². The fraction of sp³-hybridized carbons (Fsp3) is 0.471. The minimum atomic E-state index is -0.344. The zero-order valence-corrected chi connectivity index (χ0v) is 15.1. The van der Waals surface area contributed by atoms with E-state index in [0.29, 0.717) is 11.4 Å². The molecule has 3 heterocycles. The number of aryl methyl sites for hydroxylation is 4. The first-order valence-corrected chi connectivity index (χ1v) is 8.16. The molecule has 3 rings (SSSR count). The molecule has 1 fully saturated rings. The van der Waals surface area contributed by atoms with E-state index in [4.69, 9.17) is 0 Å². The highest BCUT2D eigenvalue weighted by Gasteiger charge is 2.41. The second kappa shape index (κ2) is 6.27. The van der Waals surface area contributed by atoms with Gasteiger partial charge >= 0.3 is 0 Å². The summed E-state index contributed by atoms with van der Waals surface area (Å²) in [4.78, 5) is 35.3. The fourth-order valence-corrected chi connectivity index (χ4v) is 3.24. The molecule has 2 aromatic rings. The maximum atomic E-state index is 12.7. The minimum Gasteiger partial charge on any atom is -0.345 e. The van der Waals surface area contributed by atoms with Gasteiger partial charge in [-0.3, -0.25) is 19.3 Å². The highest BCUT2D eigenvalue weighted by atomic mass is 16.2. The highest BCUT2D eigenvalue weighted by Crippen LogP contribution is 2.31. The number of carbonyl (C=O) groups excluding carboxylic acids is 2. The van der Waals surface area contributed by atoms with Crippen molar-refractivity contribution in [1.82, 2.24) is 30.0 Å². The Balaban J connectivity index is 1.88. The molecule has 132 valence electrons. The van der Waals surface area contributed by atoms with E-state index in [-0.39, 0.29) is 30.3 Å². The molecular weight excluding hydrogens is 320 g/mol. The summed E-state index contributed by atoms with van der Waals surface area (Å²) in [6, 6.07) is 1.26. The zero-order chi connectivity index (χ0) is 18.3. The SMILES string of the molecule is Cc1nc(C)c(C(=O)N[C@@H]2CC(=O)N(C)[C@H]2c2ccnn2C)nc1C. The molecule has 2 amide bonds. The monoisotopic (exact) mass is 342 g/mol. The first-order valence-electron chi connectivity index (χ1n) is 8.16. The molecule has 0 saturated carbocycles. The molecule has 0 bridgehead atoms. The van der Waals surface area contributed by atoms with Gasteiger partial charge in [-0.25, -0.2) is 4.98 Å². The average Bonchev–Trinajstić information content (AvgIpc) is 3.07. The summed E-state index contributed by atoms with van der Waals surface area (Å²) in [5.41, 5.74) is 3.28. The van der Waals surface area contributed by atoms with Crippen LogP contribution in [-0.2, 0) is 11.8 Å². The molecule has 1 N–H and O–H groups in total. The molecule has 8 heteroatoms. The lowest BCUT2D eigenvalue weighted by molar-refractivity contribution is -0.127. The second-order valence-corrected chi connectivity index (χ2v) is 6.44. The van der Waals surface area contributed by atoms with Gasteiger partial charge in [-0.1, -0.05) is 0 Å². The van der Waals surface area contributed by atoms with Crippen molar-refractivity contribution in [2.24, 2.45) is 7.05 Å². The Labute approximate surface area is 146 Å². The Hall–Kier alpha value is -2.77. The molecule has 0 radical (unpaired) electrons. The number of hydrogen-bond donors (Lipinski definition) is 1. The van der Waals surface area contributed by atoms with E-state index in [0.717, 1.165) is 17.1 Å². The number of likely N-dealkylation sites (tertiary alicyclic amines) is 1. The third-order valence-corrected chi connectivity index (χ3v) is 4.76. The van der Waals surface area contributed by atoms with E-state index in [1.54, 1.807) is 29.7 Å².